The summed E-state index contributed by atoms with van der Waals surface area (Å²) in [5.74, 6) is -1.19. The monoisotopic (exact) mass is 336 g/mol. The van der Waals surface area contributed by atoms with Crippen LogP contribution in [0.4, 0.5) is 0 Å². The first-order valence-corrected chi connectivity index (χ1v) is 7.54. The lowest BCUT2D eigenvalue weighted by Gasteiger charge is -2.31. The standard InChI is InChI=1S/C11H16N4O4S.ClH/c1-7-5-8(2)14-11(13-7)20(18,19)15-4-3-12-6-9(15)10(16)17;/h5,9,12H,3-4,6H2,1-2H3,(H,16,17);1H. The fourth-order valence-corrected chi connectivity index (χ4v) is 3.66. The average molecular weight is 337 g/mol. The summed E-state index contributed by atoms with van der Waals surface area (Å²) in [6.07, 6.45) is 0. The van der Waals surface area contributed by atoms with Crippen LogP contribution >= 0.6 is 12.4 Å². The Morgan fingerprint density at radius 3 is 2.48 bits per heavy atom. The van der Waals surface area contributed by atoms with Crippen LogP contribution in [-0.4, -0.2) is 59.4 Å². The molecule has 21 heavy (non-hydrogen) atoms. The van der Waals surface area contributed by atoms with Crippen molar-refractivity contribution in [2.75, 3.05) is 19.6 Å². The van der Waals surface area contributed by atoms with E-state index in [1.54, 1.807) is 19.9 Å². The van der Waals surface area contributed by atoms with E-state index >= 15 is 0 Å². The number of carboxylic acid groups (broad SMARTS) is 1. The summed E-state index contributed by atoms with van der Waals surface area (Å²) in [6.45, 7) is 3.88. The van der Waals surface area contributed by atoms with Gasteiger partial charge in [-0.3, -0.25) is 4.79 Å². The minimum atomic E-state index is -4.01. The maximum atomic E-state index is 12.5. The number of rotatable bonds is 3. The zero-order chi connectivity index (χ0) is 14.9. The topological polar surface area (TPSA) is 112 Å². The summed E-state index contributed by atoms with van der Waals surface area (Å²) in [6, 6.07) is 0.518. The molecular formula is C11H17ClN4O4S. The van der Waals surface area contributed by atoms with Crippen LogP contribution in [0.5, 0.6) is 0 Å². The van der Waals surface area contributed by atoms with E-state index in [1.165, 1.54) is 0 Å². The number of nitrogens with zero attached hydrogens (tertiary/aromatic N) is 3. The smallest absolute Gasteiger partial charge is 0.323 e. The number of sulfonamides is 1. The molecule has 0 aliphatic carbocycles. The number of carboxylic acids is 1. The van der Waals surface area contributed by atoms with Crippen molar-refractivity contribution in [3.63, 3.8) is 0 Å². The van der Waals surface area contributed by atoms with Gasteiger partial charge in [0.05, 0.1) is 0 Å². The third kappa shape index (κ3) is 3.67. The lowest BCUT2D eigenvalue weighted by atomic mass is 10.2. The largest absolute Gasteiger partial charge is 0.480 e. The first-order valence-electron chi connectivity index (χ1n) is 6.10. The minimum Gasteiger partial charge on any atom is -0.480 e. The number of aryl methyl sites for hydroxylation is 2. The number of aromatic nitrogens is 2. The number of carbonyl (C=O) groups is 1. The highest BCUT2D eigenvalue weighted by molar-refractivity contribution is 7.89. The van der Waals surface area contributed by atoms with Crippen molar-refractivity contribution in [3.05, 3.63) is 17.5 Å². The van der Waals surface area contributed by atoms with Gasteiger partial charge in [0.2, 0.25) is 0 Å². The van der Waals surface area contributed by atoms with Crippen molar-refractivity contribution >= 4 is 28.4 Å². The molecule has 0 aromatic carbocycles. The van der Waals surface area contributed by atoms with Crippen molar-refractivity contribution in [2.24, 2.45) is 0 Å². The third-order valence-electron chi connectivity index (χ3n) is 2.98. The second-order valence-electron chi connectivity index (χ2n) is 4.61. The second-order valence-corrected chi connectivity index (χ2v) is 6.39. The highest BCUT2D eigenvalue weighted by atomic mass is 35.5. The molecule has 10 heteroatoms. The Bertz CT molecular complexity index is 617. The molecular weight excluding hydrogens is 320 g/mol. The van der Waals surface area contributed by atoms with E-state index in [1.807, 2.05) is 0 Å². The van der Waals surface area contributed by atoms with Crippen molar-refractivity contribution < 1.29 is 18.3 Å². The van der Waals surface area contributed by atoms with Crippen LogP contribution in [-0.2, 0) is 14.8 Å². The summed E-state index contributed by atoms with van der Waals surface area (Å²) in [7, 11) is -4.01. The van der Waals surface area contributed by atoms with Crippen LogP contribution in [0, 0.1) is 13.8 Å². The Morgan fingerprint density at radius 1 is 1.38 bits per heavy atom. The van der Waals surface area contributed by atoms with E-state index in [0.29, 0.717) is 17.9 Å². The van der Waals surface area contributed by atoms with Gasteiger partial charge < -0.3 is 10.4 Å². The lowest BCUT2D eigenvalue weighted by Crippen LogP contribution is -2.57. The molecule has 1 unspecified atom stereocenters. The predicted molar refractivity (Wildman–Crippen MR) is 76.9 cm³/mol. The molecule has 2 heterocycles. The van der Waals surface area contributed by atoms with Gasteiger partial charge in [-0.15, -0.1) is 12.4 Å². The summed E-state index contributed by atoms with van der Waals surface area (Å²) in [4.78, 5) is 19.0. The van der Waals surface area contributed by atoms with Crippen LogP contribution < -0.4 is 5.32 Å². The van der Waals surface area contributed by atoms with Gasteiger partial charge in [-0.1, -0.05) is 0 Å². The summed E-state index contributed by atoms with van der Waals surface area (Å²) >= 11 is 0. The molecule has 0 bridgehead atoms. The molecule has 1 fully saturated rings. The summed E-state index contributed by atoms with van der Waals surface area (Å²) < 4.78 is 26.0. The van der Waals surface area contributed by atoms with Gasteiger partial charge in [-0.2, -0.15) is 4.31 Å². The molecule has 2 rings (SSSR count). The zero-order valence-corrected chi connectivity index (χ0v) is 13.2. The van der Waals surface area contributed by atoms with E-state index in [4.69, 9.17) is 5.11 Å². The minimum absolute atomic E-state index is 0. The molecule has 2 N–H and O–H groups in total. The first kappa shape index (κ1) is 17.8. The summed E-state index contributed by atoms with van der Waals surface area (Å²) in [5, 5.41) is 11.7. The van der Waals surface area contributed by atoms with Gasteiger partial charge >= 0.3 is 5.97 Å². The van der Waals surface area contributed by atoms with E-state index in [0.717, 1.165) is 4.31 Å². The molecule has 1 aromatic heterocycles. The Labute approximate surface area is 129 Å². The molecule has 1 aromatic rings. The lowest BCUT2D eigenvalue weighted by molar-refractivity contribution is -0.141. The van der Waals surface area contributed by atoms with E-state index in [-0.39, 0.29) is 30.7 Å². The number of hydrogen-bond donors (Lipinski definition) is 2. The predicted octanol–water partition coefficient (Wildman–Crippen LogP) is -0.438. The van der Waals surface area contributed by atoms with E-state index in [9.17, 15) is 13.2 Å². The van der Waals surface area contributed by atoms with Gasteiger partial charge in [-0.25, -0.2) is 18.4 Å². The van der Waals surface area contributed by atoms with Gasteiger partial charge in [0.15, 0.2) is 0 Å². The van der Waals surface area contributed by atoms with E-state index < -0.39 is 22.0 Å². The Hall–Kier alpha value is -1.29. The molecule has 0 spiro atoms. The maximum absolute atomic E-state index is 12.5. The van der Waals surface area contributed by atoms with Gasteiger partial charge in [0.1, 0.15) is 6.04 Å². The van der Waals surface area contributed by atoms with Gasteiger partial charge in [0.25, 0.3) is 15.2 Å². The van der Waals surface area contributed by atoms with Crippen molar-refractivity contribution in [2.45, 2.75) is 25.0 Å². The number of aliphatic carboxylic acids is 1. The first-order chi connectivity index (χ1) is 9.32. The summed E-state index contributed by atoms with van der Waals surface area (Å²) in [5.41, 5.74) is 1.05. The van der Waals surface area contributed by atoms with Crippen LogP contribution in [0.3, 0.4) is 0 Å². The SMILES string of the molecule is Cc1cc(C)nc(S(=O)(=O)N2CCNCC2C(=O)O)n1.Cl. The van der Waals surface area contributed by atoms with Crippen molar-refractivity contribution in [3.8, 4) is 0 Å². The number of hydrogen-bond acceptors (Lipinski definition) is 6. The van der Waals surface area contributed by atoms with Crippen LogP contribution in [0.1, 0.15) is 11.4 Å². The Balaban J connectivity index is 0.00000220. The van der Waals surface area contributed by atoms with Crippen LogP contribution in [0.25, 0.3) is 0 Å². The number of piperazine rings is 1. The van der Waals surface area contributed by atoms with E-state index in [2.05, 4.69) is 15.3 Å². The Morgan fingerprint density at radius 2 is 1.95 bits per heavy atom. The average Bonchev–Trinajstić information content (AvgIpc) is 2.37. The fourth-order valence-electron chi connectivity index (χ4n) is 2.10. The van der Waals surface area contributed by atoms with Crippen LogP contribution in [0.15, 0.2) is 11.2 Å². The molecule has 1 aliphatic rings. The molecule has 118 valence electrons. The molecule has 0 saturated carbocycles. The van der Waals surface area contributed by atoms with Crippen molar-refractivity contribution in [1.29, 1.82) is 0 Å². The normalized spacial score (nSPS) is 19.8. The highest BCUT2D eigenvalue weighted by Gasteiger charge is 2.39. The quantitative estimate of drug-likeness (QED) is 0.720. The molecule has 0 radical (unpaired) electrons. The Kier molecular flexibility index (Phi) is 5.62. The molecule has 0 amide bonds. The third-order valence-corrected chi connectivity index (χ3v) is 4.68. The second kappa shape index (κ2) is 6.65. The number of nitrogens with one attached hydrogen (secondary N) is 1. The zero-order valence-electron chi connectivity index (χ0n) is 11.6. The van der Waals surface area contributed by atoms with Gasteiger partial charge in [-0.05, 0) is 19.9 Å². The van der Waals surface area contributed by atoms with Crippen molar-refractivity contribution in [1.82, 2.24) is 19.6 Å². The molecule has 1 aliphatic heterocycles. The van der Waals surface area contributed by atoms with Crippen LogP contribution in [0.2, 0.25) is 0 Å². The fraction of sp³-hybridized carbons (Fsp3) is 0.545. The molecule has 8 nitrogen and oxygen atoms in total. The molecule has 1 saturated heterocycles. The number of halogens is 1. The maximum Gasteiger partial charge on any atom is 0.323 e. The highest BCUT2D eigenvalue weighted by Crippen LogP contribution is 2.17. The van der Waals surface area contributed by atoms with Gasteiger partial charge in [0, 0.05) is 31.0 Å². The molecule has 1 atom stereocenters.